The van der Waals surface area contributed by atoms with E-state index in [1.165, 1.54) is 12.1 Å². The summed E-state index contributed by atoms with van der Waals surface area (Å²) >= 11 is 0. The van der Waals surface area contributed by atoms with E-state index >= 15 is 0 Å². The zero-order valence-electron chi connectivity index (χ0n) is 13.1. The van der Waals surface area contributed by atoms with E-state index in [2.05, 4.69) is 33.0 Å². The molecule has 0 heterocycles. The molecule has 21 heavy (non-hydrogen) atoms. The molecule has 0 saturated heterocycles. The number of rotatable bonds is 3. The molecule has 1 aliphatic rings. The normalized spacial score (nSPS) is 21.0. The lowest BCUT2D eigenvalue weighted by molar-refractivity contribution is -0.384. The smallest absolute Gasteiger partial charge is 0.271 e. The minimum atomic E-state index is -0.501. The number of nitro benzene ring substituents is 1. The molecule has 4 nitrogen and oxygen atoms in total. The van der Waals surface area contributed by atoms with Crippen LogP contribution in [0.25, 0.3) is 0 Å². The predicted molar refractivity (Wildman–Crippen MR) is 81.9 cm³/mol. The van der Waals surface area contributed by atoms with Crippen LogP contribution in [0.3, 0.4) is 0 Å². The van der Waals surface area contributed by atoms with Crippen LogP contribution in [0.1, 0.15) is 47.0 Å². The molecule has 1 aliphatic carbocycles. The Morgan fingerprint density at radius 3 is 2.33 bits per heavy atom. The Bertz CT molecular complexity index is 539. The summed E-state index contributed by atoms with van der Waals surface area (Å²) in [6.45, 7) is 8.86. The molecule has 1 aromatic rings. The Morgan fingerprint density at radius 1 is 1.24 bits per heavy atom. The zero-order chi connectivity index (χ0) is 15.8. The molecular formula is C16H23FN2O2. The minimum Gasteiger partial charge on any atom is -0.380 e. The van der Waals surface area contributed by atoms with Crippen molar-refractivity contribution >= 4 is 11.4 Å². The van der Waals surface area contributed by atoms with Crippen molar-refractivity contribution in [2.45, 2.75) is 53.0 Å². The van der Waals surface area contributed by atoms with E-state index in [-0.39, 0.29) is 28.2 Å². The molecule has 0 atom stereocenters. The van der Waals surface area contributed by atoms with Crippen molar-refractivity contribution in [3.05, 3.63) is 34.1 Å². The van der Waals surface area contributed by atoms with Gasteiger partial charge in [0.05, 0.1) is 10.6 Å². The van der Waals surface area contributed by atoms with Crippen molar-refractivity contribution in [1.29, 1.82) is 0 Å². The first-order chi connectivity index (χ1) is 9.58. The lowest BCUT2D eigenvalue weighted by Crippen LogP contribution is -2.40. The largest absolute Gasteiger partial charge is 0.380 e. The van der Waals surface area contributed by atoms with E-state index in [1.807, 2.05) is 0 Å². The number of nitro groups is 1. The molecule has 1 N–H and O–H groups in total. The molecule has 0 radical (unpaired) electrons. The maximum absolute atomic E-state index is 13.9. The summed E-state index contributed by atoms with van der Waals surface area (Å²) in [7, 11) is 0. The first kappa shape index (κ1) is 15.7. The second-order valence-corrected chi connectivity index (χ2v) is 7.68. The van der Waals surface area contributed by atoms with Gasteiger partial charge in [-0.05, 0) is 36.2 Å². The molecule has 0 aromatic heterocycles. The van der Waals surface area contributed by atoms with Crippen LogP contribution in [0.4, 0.5) is 15.8 Å². The van der Waals surface area contributed by atoms with Crippen molar-refractivity contribution < 1.29 is 9.31 Å². The standard InChI is InChI=1S/C16H23FN2O2/c1-15(2)8-11(9-16(3,4)10-15)18-14-7-12(19(20)21)5-6-13(14)17/h5-7,11,18H,8-10H2,1-4H3. The summed E-state index contributed by atoms with van der Waals surface area (Å²) in [4.78, 5) is 10.3. The highest BCUT2D eigenvalue weighted by Crippen LogP contribution is 2.46. The Kier molecular flexibility index (Phi) is 3.95. The van der Waals surface area contributed by atoms with Gasteiger partial charge >= 0.3 is 0 Å². The fourth-order valence-electron chi connectivity index (χ4n) is 3.91. The van der Waals surface area contributed by atoms with Gasteiger partial charge in [0.25, 0.3) is 5.69 Å². The summed E-state index contributed by atoms with van der Waals surface area (Å²) in [5.41, 5.74) is 0.489. The van der Waals surface area contributed by atoms with E-state index < -0.39 is 10.7 Å². The first-order valence-corrected chi connectivity index (χ1v) is 7.29. The van der Waals surface area contributed by atoms with Crippen LogP contribution in [-0.2, 0) is 0 Å². The predicted octanol–water partition coefficient (Wildman–Crippen LogP) is 4.75. The highest BCUT2D eigenvalue weighted by molar-refractivity contribution is 5.53. The van der Waals surface area contributed by atoms with Crippen molar-refractivity contribution in [3.8, 4) is 0 Å². The summed E-state index contributed by atoms with van der Waals surface area (Å²) < 4.78 is 13.9. The topological polar surface area (TPSA) is 55.2 Å². The fourth-order valence-corrected chi connectivity index (χ4v) is 3.91. The van der Waals surface area contributed by atoms with Crippen LogP contribution >= 0.6 is 0 Å². The maximum Gasteiger partial charge on any atom is 0.271 e. The SMILES string of the molecule is CC1(C)CC(Nc2cc([N+](=O)[O-])ccc2F)CC(C)(C)C1. The second kappa shape index (κ2) is 5.28. The maximum atomic E-state index is 13.9. The lowest BCUT2D eigenvalue weighted by Gasteiger charge is -2.45. The van der Waals surface area contributed by atoms with E-state index in [4.69, 9.17) is 0 Å². The summed E-state index contributed by atoms with van der Waals surface area (Å²) in [5, 5.41) is 14.0. The van der Waals surface area contributed by atoms with E-state index in [9.17, 15) is 14.5 Å². The van der Waals surface area contributed by atoms with Gasteiger partial charge in [-0.25, -0.2) is 4.39 Å². The average Bonchev–Trinajstić information content (AvgIpc) is 2.27. The van der Waals surface area contributed by atoms with Crippen molar-refractivity contribution in [2.24, 2.45) is 10.8 Å². The number of hydrogen-bond acceptors (Lipinski definition) is 3. The third-order valence-corrected chi connectivity index (χ3v) is 4.08. The second-order valence-electron chi connectivity index (χ2n) is 7.68. The molecule has 0 bridgehead atoms. The molecular weight excluding hydrogens is 271 g/mol. The molecule has 2 rings (SSSR count). The quantitative estimate of drug-likeness (QED) is 0.646. The number of hydrogen-bond donors (Lipinski definition) is 1. The number of non-ortho nitro benzene ring substituents is 1. The number of anilines is 1. The van der Waals surface area contributed by atoms with Crippen molar-refractivity contribution in [2.75, 3.05) is 5.32 Å². The van der Waals surface area contributed by atoms with Crippen LogP contribution < -0.4 is 5.32 Å². The molecule has 1 saturated carbocycles. The lowest BCUT2D eigenvalue weighted by atomic mass is 9.63. The molecule has 0 unspecified atom stereocenters. The first-order valence-electron chi connectivity index (χ1n) is 7.29. The van der Waals surface area contributed by atoms with Crippen LogP contribution in [0.5, 0.6) is 0 Å². The number of nitrogens with one attached hydrogen (secondary N) is 1. The summed E-state index contributed by atoms with van der Waals surface area (Å²) in [5.74, 6) is -0.443. The highest BCUT2D eigenvalue weighted by atomic mass is 19.1. The highest BCUT2D eigenvalue weighted by Gasteiger charge is 2.38. The van der Waals surface area contributed by atoms with Crippen molar-refractivity contribution in [1.82, 2.24) is 0 Å². The number of halogens is 1. The van der Waals surface area contributed by atoms with Crippen LogP contribution in [0, 0.1) is 26.8 Å². The van der Waals surface area contributed by atoms with Crippen LogP contribution in [0.2, 0.25) is 0 Å². The van der Waals surface area contributed by atoms with Crippen molar-refractivity contribution in [3.63, 3.8) is 0 Å². The average molecular weight is 294 g/mol. The van der Waals surface area contributed by atoms with Gasteiger partial charge in [0.2, 0.25) is 0 Å². The van der Waals surface area contributed by atoms with Gasteiger partial charge in [0.1, 0.15) is 5.82 Å². The molecule has 0 aliphatic heterocycles. The van der Waals surface area contributed by atoms with Gasteiger partial charge in [-0.1, -0.05) is 27.7 Å². The number of nitrogens with zero attached hydrogens (tertiary/aromatic N) is 1. The van der Waals surface area contributed by atoms with Gasteiger partial charge < -0.3 is 5.32 Å². The van der Waals surface area contributed by atoms with E-state index in [1.54, 1.807) is 0 Å². The zero-order valence-corrected chi connectivity index (χ0v) is 13.1. The third kappa shape index (κ3) is 3.93. The number of benzene rings is 1. The molecule has 116 valence electrons. The third-order valence-electron chi connectivity index (χ3n) is 4.08. The van der Waals surface area contributed by atoms with E-state index in [0.29, 0.717) is 0 Å². The van der Waals surface area contributed by atoms with Crippen LogP contribution in [-0.4, -0.2) is 11.0 Å². The Morgan fingerprint density at radius 2 is 1.81 bits per heavy atom. The summed E-state index contributed by atoms with van der Waals surface area (Å²) in [6, 6.07) is 3.75. The fraction of sp³-hybridized carbons (Fsp3) is 0.625. The van der Waals surface area contributed by atoms with Gasteiger partial charge in [-0.3, -0.25) is 10.1 Å². The Balaban J connectivity index is 2.21. The molecule has 5 heteroatoms. The molecule has 1 fully saturated rings. The van der Waals surface area contributed by atoms with Crippen LogP contribution in [0.15, 0.2) is 18.2 Å². The molecule has 1 aromatic carbocycles. The van der Waals surface area contributed by atoms with Gasteiger partial charge in [-0.15, -0.1) is 0 Å². The van der Waals surface area contributed by atoms with Gasteiger partial charge in [0.15, 0.2) is 0 Å². The molecule has 0 amide bonds. The van der Waals surface area contributed by atoms with E-state index in [0.717, 1.165) is 25.3 Å². The Hall–Kier alpha value is -1.65. The van der Waals surface area contributed by atoms with Gasteiger partial charge in [0, 0.05) is 18.2 Å². The Labute approximate surface area is 124 Å². The minimum absolute atomic E-state index is 0.0896. The monoisotopic (exact) mass is 294 g/mol. The summed E-state index contributed by atoms with van der Waals surface area (Å²) in [6.07, 6.45) is 2.98. The van der Waals surface area contributed by atoms with Gasteiger partial charge in [-0.2, -0.15) is 0 Å². The molecule has 0 spiro atoms.